The SMILES string of the molecule is C=CN=C1/C(=C\C)C/C(C(=O)OC)=C\c2cc(Cl)ccc2C1N1CCN(C(=O)OC(C)(C)C)CC1.CC. The van der Waals surface area contributed by atoms with E-state index in [9.17, 15) is 9.59 Å². The van der Waals surface area contributed by atoms with Crippen molar-refractivity contribution in [1.82, 2.24) is 9.80 Å². The van der Waals surface area contributed by atoms with Gasteiger partial charge in [0.1, 0.15) is 5.60 Å². The predicted molar refractivity (Wildman–Crippen MR) is 151 cm³/mol. The number of rotatable bonds is 3. The molecule has 0 aromatic heterocycles. The zero-order chi connectivity index (χ0) is 27.8. The van der Waals surface area contributed by atoms with Gasteiger partial charge in [-0.1, -0.05) is 44.2 Å². The molecule has 1 atom stereocenters. The molecule has 1 aliphatic carbocycles. The Hall–Kier alpha value is -2.90. The summed E-state index contributed by atoms with van der Waals surface area (Å²) >= 11 is 6.35. The van der Waals surface area contributed by atoms with Gasteiger partial charge in [0.25, 0.3) is 0 Å². The van der Waals surface area contributed by atoms with Crippen molar-refractivity contribution in [2.45, 2.75) is 59.6 Å². The van der Waals surface area contributed by atoms with Gasteiger partial charge >= 0.3 is 12.1 Å². The number of halogens is 1. The van der Waals surface area contributed by atoms with Crippen LogP contribution in [0.2, 0.25) is 5.02 Å². The lowest BCUT2D eigenvalue weighted by Crippen LogP contribution is -2.52. The third-order valence-electron chi connectivity index (χ3n) is 6.00. The van der Waals surface area contributed by atoms with Crippen molar-refractivity contribution in [3.63, 3.8) is 0 Å². The number of amides is 1. The van der Waals surface area contributed by atoms with Gasteiger partial charge in [-0.05, 0) is 62.6 Å². The number of fused-ring (bicyclic) bond motifs is 1. The molecule has 1 fully saturated rings. The minimum Gasteiger partial charge on any atom is -0.466 e. The van der Waals surface area contributed by atoms with Gasteiger partial charge in [0, 0.05) is 49.4 Å². The Bertz CT molecular complexity index is 1080. The number of nitrogens with zero attached hydrogens (tertiary/aromatic N) is 3. The van der Waals surface area contributed by atoms with Crippen molar-refractivity contribution in [3.8, 4) is 0 Å². The highest BCUT2D eigenvalue weighted by Crippen LogP contribution is 2.36. The van der Waals surface area contributed by atoms with Crippen LogP contribution in [0.3, 0.4) is 0 Å². The molecule has 1 aromatic rings. The van der Waals surface area contributed by atoms with E-state index in [0.29, 0.717) is 43.2 Å². The van der Waals surface area contributed by atoms with E-state index >= 15 is 0 Å². The number of hydrogen-bond donors (Lipinski definition) is 0. The van der Waals surface area contributed by atoms with Gasteiger partial charge in [0.2, 0.25) is 0 Å². The van der Waals surface area contributed by atoms with Gasteiger partial charge in [-0.3, -0.25) is 9.89 Å². The van der Waals surface area contributed by atoms with Crippen LogP contribution in [0.1, 0.15) is 65.1 Å². The zero-order valence-electron chi connectivity index (χ0n) is 23.1. The molecular formula is C29H40ClN3O4. The Morgan fingerprint density at radius 2 is 1.81 bits per heavy atom. The van der Waals surface area contributed by atoms with Crippen molar-refractivity contribution < 1.29 is 19.1 Å². The van der Waals surface area contributed by atoms with Gasteiger partial charge in [0.05, 0.1) is 18.9 Å². The first-order valence-corrected chi connectivity index (χ1v) is 13.1. The summed E-state index contributed by atoms with van der Waals surface area (Å²) in [4.78, 5) is 33.9. The van der Waals surface area contributed by atoms with Gasteiger partial charge in [-0.2, -0.15) is 0 Å². The van der Waals surface area contributed by atoms with Gasteiger partial charge in [0.15, 0.2) is 0 Å². The van der Waals surface area contributed by atoms with Gasteiger partial charge in [-0.25, -0.2) is 9.59 Å². The van der Waals surface area contributed by atoms with Crippen LogP contribution in [0, 0.1) is 0 Å². The Labute approximate surface area is 226 Å². The molecular weight excluding hydrogens is 490 g/mol. The molecule has 0 spiro atoms. The monoisotopic (exact) mass is 529 g/mol. The molecule has 1 aromatic carbocycles. The summed E-state index contributed by atoms with van der Waals surface area (Å²) in [7, 11) is 1.38. The molecule has 37 heavy (non-hydrogen) atoms. The maximum Gasteiger partial charge on any atom is 0.410 e. The number of carbonyl (C=O) groups is 2. The van der Waals surface area contributed by atoms with Crippen molar-refractivity contribution in [2.75, 3.05) is 33.3 Å². The second-order valence-corrected chi connectivity index (χ2v) is 9.96. The highest BCUT2D eigenvalue weighted by atomic mass is 35.5. The molecule has 3 rings (SSSR count). The lowest BCUT2D eigenvalue weighted by molar-refractivity contribution is -0.136. The zero-order valence-corrected chi connectivity index (χ0v) is 23.9. The summed E-state index contributed by atoms with van der Waals surface area (Å²) in [5, 5.41) is 0.576. The van der Waals surface area contributed by atoms with Crippen molar-refractivity contribution >= 4 is 35.5 Å². The highest BCUT2D eigenvalue weighted by molar-refractivity contribution is 6.30. The standard InChI is InChI=1S/C27H34ClN3O4.C2H6/c1-7-18-15-20(25(32)34-6)16-19-17-21(28)9-10-22(19)24(23(18)29-8-2)30-11-13-31(14-12-30)26(33)35-27(3,4)5;1-2/h7-10,16-17,24H,2,11-15H2,1,3-6H3;1-2H3/b18-7-,20-16+,29-23?;. The number of piperazine rings is 1. The molecule has 0 saturated carbocycles. The van der Waals surface area contributed by atoms with Crippen LogP contribution < -0.4 is 0 Å². The topological polar surface area (TPSA) is 71.4 Å². The van der Waals surface area contributed by atoms with Crippen LogP contribution in [0.15, 0.2) is 53.2 Å². The smallest absolute Gasteiger partial charge is 0.410 e. The predicted octanol–water partition coefficient (Wildman–Crippen LogP) is 6.45. The first kappa shape index (κ1) is 30.3. The van der Waals surface area contributed by atoms with E-state index in [0.717, 1.165) is 22.4 Å². The maximum atomic E-state index is 12.6. The lowest BCUT2D eigenvalue weighted by Gasteiger charge is -2.41. The minimum atomic E-state index is -0.541. The third kappa shape index (κ3) is 7.79. The molecule has 0 radical (unpaired) electrons. The second kappa shape index (κ2) is 13.6. The van der Waals surface area contributed by atoms with Crippen LogP contribution in [-0.4, -0.2) is 66.5 Å². The summed E-state index contributed by atoms with van der Waals surface area (Å²) in [6.45, 7) is 17.7. The summed E-state index contributed by atoms with van der Waals surface area (Å²) in [6.07, 6.45) is 5.43. The number of aliphatic imine (C=N–C) groups is 1. The van der Waals surface area contributed by atoms with Crippen molar-refractivity contribution in [3.05, 3.63) is 64.3 Å². The van der Waals surface area contributed by atoms with Gasteiger partial charge < -0.3 is 14.4 Å². The van der Waals surface area contributed by atoms with Gasteiger partial charge in [-0.15, -0.1) is 0 Å². The molecule has 202 valence electrons. The van der Waals surface area contributed by atoms with Crippen molar-refractivity contribution in [1.29, 1.82) is 0 Å². The first-order valence-electron chi connectivity index (χ1n) is 12.7. The normalized spacial score (nSPS) is 22.0. The number of benzene rings is 1. The molecule has 1 amide bonds. The second-order valence-electron chi connectivity index (χ2n) is 9.53. The highest BCUT2D eigenvalue weighted by Gasteiger charge is 2.35. The molecule has 2 aliphatic rings. The Balaban J connectivity index is 0.00000235. The molecule has 7 nitrogen and oxygen atoms in total. The van der Waals surface area contributed by atoms with Crippen molar-refractivity contribution in [2.24, 2.45) is 4.99 Å². The summed E-state index contributed by atoms with van der Waals surface area (Å²) in [6, 6.07) is 5.47. The van der Waals surface area contributed by atoms with E-state index in [1.807, 2.05) is 71.9 Å². The van der Waals surface area contributed by atoms with E-state index in [1.54, 1.807) is 4.90 Å². The maximum absolute atomic E-state index is 12.6. The average Bonchev–Trinajstić information content (AvgIpc) is 2.86. The van der Waals surface area contributed by atoms with E-state index < -0.39 is 11.6 Å². The molecule has 1 unspecified atom stereocenters. The molecule has 1 aliphatic heterocycles. The molecule has 0 N–H and O–H groups in total. The number of methoxy groups -OCH3 is 1. The number of allylic oxidation sites excluding steroid dienone is 1. The van der Waals surface area contributed by atoms with Crippen LogP contribution in [-0.2, 0) is 14.3 Å². The number of carbonyl (C=O) groups excluding carboxylic acids is 2. The third-order valence-corrected chi connectivity index (χ3v) is 6.23. The quantitative estimate of drug-likeness (QED) is 0.421. The fraction of sp³-hybridized carbons (Fsp3) is 0.483. The summed E-state index contributed by atoms with van der Waals surface area (Å²) in [5.41, 5.74) is 3.52. The Morgan fingerprint density at radius 3 is 2.35 bits per heavy atom. The van der Waals surface area contributed by atoms with E-state index in [2.05, 4.69) is 11.5 Å². The fourth-order valence-electron chi connectivity index (χ4n) is 4.40. The van der Waals surface area contributed by atoms with Crippen LogP contribution in [0.5, 0.6) is 0 Å². The largest absolute Gasteiger partial charge is 0.466 e. The van der Waals surface area contributed by atoms with Crippen LogP contribution >= 0.6 is 11.6 Å². The summed E-state index contributed by atoms with van der Waals surface area (Å²) < 4.78 is 10.6. The van der Waals surface area contributed by atoms with E-state index in [4.69, 9.17) is 26.1 Å². The van der Waals surface area contributed by atoms with E-state index in [1.165, 1.54) is 13.3 Å². The minimum absolute atomic E-state index is 0.206. The molecule has 1 saturated heterocycles. The number of ether oxygens (including phenoxy) is 2. The fourth-order valence-corrected chi connectivity index (χ4v) is 4.58. The molecule has 8 heteroatoms. The average molecular weight is 530 g/mol. The molecule has 1 heterocycles. The summed E-state index contributed by atoms with van der Waals surface area (Å²) in [5.74, 6) is -0.391. The van der Waals surface area contributed by atoms with Crippen LogP contribution in [0.4, 0.5) is 4.79 Å². The van der Waals surface area contributed by atoms with E-state index in [-0.39, 0.29) is 12.1 Å². The number of hydrogen-bond acceptors (Lipinski definition) is 6. The number of esters is 1. The van der Waals surface area contributed by atoms with Crippen LogP contribution in [0.25, 0.3) is 6.08 Å². The Kier molecular flexibility index (Phi) is 11.1. The first-order chi connectivity index (χ1) is 17.6. The Morgan fingerprint density at radius 1 is 1.16 bits per heavy atom. The lowest BCUT2D eigenvalue weighted by atomic mass is 9.84. The molecule has 0 bridgehead atoms.